The summed E-state index contributed by atoms with van der Waals surface area (Å²) in [6.07, 6.45) is 0.543. The maximum Gasteiger partial charge on any atom is 0.287 e. The van der Waals surface area contributed by atoms with Gasteiger partial charge in [0.15, 0.2) is 0 Å². The highest BCUT2D eigenvalue weighted by Gasteiger charge is 2.30. The summed E-state index contributed by atoms with van der Waals surface area (Å²) >= 11 is 5.74. The Morgan fingerprint density at radius 1 is 1.55 bits per heavy atom. The van der Waals surface area contributed by atoms with Gasteiger partial charge < -0.3 is 10.2 Å². The van der Waals surface area contributed by atoms with Crippen LogP contribution in [0, 0.1) is 10.1 Å². The van der Waals surface area contributed by atoms with Gasteiger partial charge in [0.05, 0.1) is 4.92 Å². The van der Waals surface area contributed by atoms with Crippen molar-refractivity contribution in [3.05, 3.63) is 38.9 Å². The maximum atomic E-state index is 12.0. The van der Waals surface area contributed by atoms with Gasteiger partial charge in [0.1, 0.15) is 11.1 Å². The highest BCUT2D eigenvalue weighted by molar-refractivity contribution is 6.33. The van der Waals surface area contributed by atoms with Crippen LogP contribution >= 0.6 is 11.6 Å². The van der Waals surface area contributed by atoms with Crippen molar-refractivity contribution in [3.63, 3.8) is 0 Å². The van der Waals surface area contributed by atoms with Crippen molar-refractivity contribution in [2.75, 3.05) is 13.6 Å². The number of nitrogens with zero attached hydrogens (tertiary/aromatic N) is 2. The summed E-state index contributed by atoms with van der Waals surface area (Å²) in [5.74, 6) is -0.623. The van der Waals surface area contributed by atoms with Crippen LogP contribution in [0.4, 0.5) is 5.69 Å². The fourth-order valence-electron chi connectivity index (χ4n) is 1.99. The molecule has 2 rings (SSSR count). The van der Waals surface area contributed by atoms with Crippen LogP contribution < -0.4 is 5.32 Å². The van der Waals surface area contributed by atoms with Gasteiger partial charge in [0, 0.05) is 25.2 Å². The molecule has 0 spiro atoms. The number of rotatable bonds is 3. The van der Waals surface area contributed by atoms with Gasteiger partial charge in [0.25, 0.3) is 11.6 Å². The van der Waals surface area contributed by atoms with Crippen molar-refractivity contribution in [2.24, 2.45) is 0 Å². The highest BCUT2D eigenvalue weighted by atomic mass is 35.5. The van der Waals surface area contributed by atoms with Crippen LogP contribution in [0.5, 0.6) is 0 Å². The summed E-state index contributed by atoms with van der Waals surface area (Å²) in [5.41, 5.74) is -0.0807. The van der Waals surface area contributed by atoms with Crippen LogP contribution in [0.2, 0.25) is 5.02 Å². The van der Waals surface area contributed by atoms with E-state index in [0.717, 1.165) is 0 Å². The summed E-state index contributed by atoms with van der Waals surface area (Å²) in [6.45, 7) is 0.588. The zero-order valence-electron chi connectivity index (χ0n) is 10.6. The first-order chi connectivity index (χ1) is 9.40. The quantitative estimate of drug-likeness (QED) is 0.670. The average molecular weight is 298 g/mol. The lowest BCUT2D eigenvalue weighted by molar-refractivity contribution is -0.384. The topological polar surface area (TPSA) is 92.6 Å². The second-order valence-corrected chi connectivity index (χ2v) is 4.91. The smallest absolute Gasteiger partial charge is 0.287 e. The van der Waals surface area contributed by atoms with E-state index in [2.05, 4.69) is 5.32 Å². The first-order valence-corrected chi connectivity index (χ1v) is 6.27. The molecule has 106 valence electrons. The number of hydrogen-bond acceptors (Lipinski definition) is 4. The standard InChI is InChI=1S/C12H12ClN3O4/c1-15-5-4-9(12(15)18)14-11(17)7-2-3-10(16(19)20)8(13)6-7/h2-3,6,9H,4-5H2,1H3,(H,14,17). The molecule has 1 aromatic carbocycles. The number of benzene rings is 1. The Morgan fingerprint density at radius 3 is 2.75 bits per heavy atom. The number of carbonyl (C=O) groups is 2. The number of likely N-dealkylation sites (N-methyl/N-ethyl adjacent to an activating group) is 1. The Balaban J connectivity index is 2.12. The van der Waals surface area contributed by atoms with E-state index in [1.165, 1.54) is 23.1 Å². The molecular weight excluding hydrogens is 286 g/mol. The van der Waals surface area contributed by atoms with Crippen molar-refractivity contribution < 1.29 is 14.5 Å². The molecule has 1 aliphatic rings. The largest absolute Gasteiger partial charge is 0.344 e. The van der Waals surface area contributed by atoms with Gasteiger partial charge in [-0.2, -0.15) is 0 Å². The lowest BCUT2D eigenvalue weighted by Crippen LogP contribution is -2.40. The highest BCUT2D eigenvalue weighted by Crippen LogP contribution is 2.25. The molecule has 7 nitrogen and oxygen atoms in total. The number of halogens is 1. The van der Waals surface area contributed by atoms with E-state index >= 15 is 0 Å². The monoisotopic (exact) mass is 297 g/mol. The summed E-state index contributed by atoms with van der Waals surface area (Å²) in [6, 6.07) is 3.14. The minimum absolute atomic E-state index is 0.113. The van der Waals surface area contributed by atoms with E-state index in [1.807, 2.05) is 0 Å². The lowest BCUT2D eigenvalue weighted by atomic mass is 10.1. The molecule has 1 heterocycles. The van der Waals surface area contributed by atoms with Crippen molar-refractivity contribution >= 4 is 29.1 Å². The number of nitro groups is 1. The van der Waals surface area contributed by atoms with Gasteiger partial charge in [-0.3, -0.25) is 19.7 Å². The zero-order valence-corrected chi connectivity index (χ0v) is 11.4. The molecule has 0 aliphatic carbocycles. The van der Waals surface area contributed by atoms with E-state index in [-0.39, 0.29) is 22.2 Å². The third kappa shape index (κ3) is 2.72. The minimum atomic E-state index is -0.626. The maximum absolute atomic E-state index is 12.0. The molecule has 0 radical (unpaired) electrons. The predicted molar refractivity (Wildman–Crippen MR) is 71.6 cm³/mol. The first kappa shape index (κ1) is 14.3. The molecule has 1 aliphatic heterocycles. The van der Waals surface area contributed by atoms with Gasteiger partial charge >= 0.3 is 0 Å². The van der Waals surface area contributed by atoms with Crippen LogP contribution in [0.1, 0.15) is 16.8 Å². The molecular formula is C12H12ClN3O4. The number of hydrogen-bond donors (Lipinski definition) is 1. The third-order valence-electron chi connectivity index (χ3n) is 3.14. The molecule has 0 saturated carbocycles. The summed E-state index contributed by atoms with van der Waals surface area (Å²) in [5, 5.41) is 13.1. The predicted octanol–water partition coefficient (Wildman–Crippen LogP) is 1.21. The SMILES string of the molecule is CN1CCC(NC(=O)c2ccc([N+](=O)[O-])c(Cl)c2)C1=O. The summed E-state index contributed by atoms with van der Waals surface area (Å²) < 4.78 is 0. The van der Waals surface area contributed by atoms with Crippen LogP contribution in [0.3, 0.4) is 0 Å². The Morgan fingerprint density at radius 2 is 2.25 bits per heavy atom. The zero-order chi connectivity index (χ0) is 14.9. The van der Waals surface area contributed by atoms with Gasteiger partial charge in [-0.1, -0.05) is 11.6 Å². The number of carbonyl (C=O) groups excluding carboxylic acids is 2. The molecule has 1 fully saturated rings. The fourth-order valence-corrected chi connectivity index (χ4v) is 2.24. The van der Waals surface area contributed by atoms with E-state index in [4.69, 9.17) is 11.6 Å². The van der Waals surface area contributed by atoms with E-state index < -0.39 is 16.9 Å². The van der Waals surface area contributed by atoms with Crippen LogP contribution in [0.15, 0.2) is 18.2 Å². The van der Waals surface area contributed by atoms with Crippen molar-refractivity contribution in [2.45, 2.75) is 12.5 Å². The fraction of sp³-hybridized carbons (Fsp3) is 0.333. The third-order valence-corrected chi connectivity index (χ3v) is 3.44. The van der Waals surface area contributed by atoms with Crippen LogP contribution in [-0.4, -0.2) is 41.3 Å². The number of nitro benzene ring substituents is 1. The molecule has 0 bridgehead atoms. The molecule has 8 heteroatoms. The lowest BCUT2D eigenvalue weighted by Gasteiger charge is -2.12. The summed E-state index contributed by atoms with van der Waals surface area (Å²) in [7, 11) is 1.66. The number of amides is 2. The van der Waals surface area contributed by atoms with Crippen LogP contribution in [-0.2, 0) is 4.79 Å². The Bertz CT molecular complexity index is 590. The number of nitrogens with one attached hydrogen (secondary N) is 1. The second kappa shape index (κ2) is 5.46. The molecule has 0 aromatic heterocycles. The van der Waals surface area contributed by atoms with E-state index in [0.29, 0.717) is 13.0 Å². The van der Waals surface area contributed by atoms with E-state index in [9.17, 15) is 19.7 Å². The van der Waals surface area contributed by atoms with Crippen molar-refractivity contribution in [1.29, 1.82) is 0 Å². The van der Waals surface area contributed by atoms with Gasteiger partial charge in [0.2, 0.25) is 5.91 Å². The molecule has 1 N–H and O–H groups in total. The van der Waals surface area contributed by atoms with Crippen molar-refractivity contribution in [1.82, 2.24) is 10.2 Å². The summed E-state index contributed by atoms with van der Waals surface area (Å²) in [4.78, 5) is 35.2. The van der Waals surface area contributed by atoms with Gasteiger partial charge in [-0.15, -0.1) is 0 Å². The Hall–Kier alpha value is -2.15. The Kier molecular flexibility index (Phi) is 3.89. The second-order valence-electron chi connectivity index (χ2n) is 4.50. The molecule has 1 saturated heterocycles. The van der Waals surface area contributed by atoms with Crippen LogP contribution in [0.25, 0.3) is 0 Å². The first-order valence-electron chi connectivity index (χ1n) is 5.90. The molecule has 1 aromatic rings. The van der Waals surface area contributed by atoms with Gasteiger partial charge in [-0.25, -0.2) is 0 Å². The van der Waals surface area contributed by atoms with E-state index in [1.54, 1.807) is 7.05 Å². The van der Waals surface area contributed by atoms with Gasteiger partial charge in [-0.05, 0) is 18.6 Å². The molecule has 1 unspecified atom stereocenters. The number of likely N-dealkylation sites (tertiary alicyclic amines) is 1. The molecule has 1 atom stereocenters. The average Bonchev–Trinajstić information content (AvgIpc) is 2.70. The minimum Gasteiger partial charge on any atom is -0.344 e. The Labute approximate surface area is 119 Å². The molecule has 2 amide bonds. The van der Waals surface area contributed by atoms with Crippen molar-refractivity contribution in [3.8, 4) is 0 Å². The normalized spacial score (nSPS) is 18.2. The molecule has 20 heavy (non-hydrogen) atoms.